The van der Waals surface area contributed by atoms with Gasteiger partial charge in [0.25, 0.3) is 5.91 Å². The van der Waals surface area contributed by atoms with E-state index in [4.69, 9.17) is 10.5 Å². The van der Waals surface area contributed by atoms with Gasteiger partial charge >= 0.3 is 0 Å². The maximum absolute atomic E-state index is 14.6. The molecule has 25 heavy (non-hydrogen) atoms. The molecule has 130 valence electrons. The number of likely N-dealkylation sites (N-methyl/N-ethyl adjacent to an activating group) is 1. The number of aliphatic imine (C=N–C) groups is 1. The molecule has 0 radical (unpaired) electrons. The van der Waals surface area contributed by atoms with Gasteiger partial charge in [-0.15, -0.1) is 0 Å². The summed E-state index contributed by atoms with van der Waals surface area (Å²) in [7, 11) is 2.99. The molecular formula is C18H17F2N3O2. The van der Waals surface area contributed by atoms with Crippen molar-refractivity contribution in [2.75, 3.05) is 14.2 Å². The van der Waals surface area contributed by atoms with E-state index >= 15 is 0 Å². The molecule has 2 N–H and O–H groups in total. The molecule has 0 aromatic heterocycles. The average Bonchev–Trinajstić information content (AvgIpc) is 2.80. The first-order chi connectivity index (χ1) is 11.8. The lowest BCUT2D eigenvalue weighted by molar-refractivity contribution is -0.129. The number of carbonyl (C=O) groups is 1. The molecule has 0 saturated heterocycles. The number of guanidine groups is 1. The maximum atomic E-state index is 14.6. The van der Waals surface area contributed by atoms with Crippen LogP contribution in [0.2, 0.25) is 0 Å². The van der Waals surface area contributed by atoms with Crippen LogP contribution in [-0.2, 0) is 10.3 Å². The first-order valence-corrected chi connectivity index (χ1v) is 7.55. The molecule has 1 amide bonds. The monoisotopic (exact) mass is 345 g/mol. The summed E-state index contributed by atoms with van der Waals surface area (Å²) in [4.78, 5) is 18.4. The molecule has 1 aliphatic rings. The molecule has 7 heteroatoms. The third-order valence-corrected chi connectivity index (χ3v) is 4.37. The number of methoxy groups -OCH3 is 1. The molecule has 5 nitrogen and oxygen atoms in total. The number of nitrogens with zero attached hydrogens (tertiary/aromatic N) is 2. The fourth-order valence-corrected chi connectivity index (χ4v) is 3.05. The van der Waals surface area contributed by atoms with E-state index in [1.54, 1.807) is 25.1 Å². The molecule has 0 bridgehead atoms. The number of hydrogen-bond donors (Lipinski definition) is 1. The molecule has 1 atom stereocenters. The van der Waals surface area contributed by atoms with Gasteiger partial charge in [0.2, 0.25) is 0 Å². The molecule has 1 aliphatic heterocycles. The largest absolute Gasteiger partial charge is 0.496 e. The molecule has 2 aromatic rings. The van der Waals surface area contributed by atoms with Crippen LogP contribution < -0.4 is 10.5 Å². The van der Waals surface area contributed by atoms with Gasteiger partial charge in [-0.2, -0.15) is 0 Å². The highest BCUT2D eigenvalue weighted by molar-refractivity contribution is 6.09. The minimum Gasteiger partial charge on any atom is -0.496 e. The van der Waals surface area contributed by atoms with E-state index in [2.05, 4.69) is 4.99 Å². The predicted molar refractivity (Wildman–Crippen MR) is 89.3 cm³/mol. The van der Waals surface area contributed by atoms with E-state index in [1.807, 2.05) is 0 Å². The topological polar surface area (TPSA) is 67.9 Å². The van der Waals surface area contributed by atoms with Crippen molar-refractivity contribution in [2.24, 2.45) is 10.7 Å². The Morgan fingerprint density at radius 1 is 1.20 bits per heavy atom. The number of hydrogen-bond acceptors (Lipinski definition) is 4. The van der Waals surface area contributed by atoms with E-state index < -0.39 is 23.1 Å². The zero-order valence-corrected chi connectivity index (χ0v) is 14.0. The number of amides is 1. The molecule has 3 rings (SSSR count). The Morgan fingerprint density at radius 2 is 1.92 bits per heavy atom. The number of halogens is 2. The molecule has 2 aromatic carbocycles. The Morgan fingerprint density at radius 3 is 2.44 bits per heavy atom. The second kappa shape index (κ2) is 5.84. The number of benzene rings is 2. The number of ether oxygens (including phenoxy) is 1. The van der Waals surface area contributed by atoms with Crippen LogP contribution in [0.1, 0.15) is 16.7 Å². The Bertz CT molecular complexity index is 898. The van der Waals surface area contributed by atoms with Gasteiger partial charge < -0.3 is 10.5 Å². The van der Waals surface area contributed by atoms with Crippen LogP contribution in [0, 0.1) is 18.6 Å². The molecule has 0 spiro atoms. The van der Waals surface area contributed by atoms with Crippen LogP contribution in [0.15, 0.2) is 41.4 Å². The standard InChI is InChI=1S/C18H17F2N3O2/c1-10-8-11(4-7-15(10)25-3)18(16(24)23(2)17(21)22-18)13-6-5-12(19)9-14(13)20/h4-9H,1-3H3,(H2,21,22). The lowest BCUT2D eigenvalue weighted by Gasteiger charge is -2.27. The minimum absolute atomic E-state index is 0.0396. The second-order valence-electron chi connectivity index (χ2n) is 5.85. The average molecular weight is 345 g/mol. The van der Waals surface area contributed by atoms with Gasteiger partial charge in [0.05, 0.1) is 7.11 Å². The van der Waals surface area contributed by atoms with Crippen LogP contribution in [0.5, 0.6) is 5.75 Å². The molecule has 1 heterocycles. The fraction of sp³-hybridized carbons (Fsp3) is 0.222. The zero-order valence-electron chi connectivity index (χ0n) is 14.0. The van der Waals surface area contributed by atoms with Crippen molar-refractivity contribution in [2.45, 2.75) is 12.5 Å². The normalized spacial score (nSPS) is 20.0. The van der Waals surface area contributed by atoms with Crippen molar-refractivity contribution in [3.05, 3.63) is 64.7 Å². The Hall–Kier alpha value is -2.96. The first-order valence-electron chi connectivity index (χ1n) is 7.55. The van der Waals surface area contributed by atoms with Gasteiger partial charge in [-0.05, 0) is 42.3 Å². The van der Waals surface area contributed by atoms with Gasteiger partial charge in [-0.3, -0.25) is 9.69 Å². The highest BCUT2D eigenvalue weighted by Crippen LogP contribution is 2.41. The van der Waals surface area contributed by atoms with Crippen molar-refractivity contribution >= 4 is 11.9 Å². The Kier molecular flexibility index (Phi) is 3.94. The van der Waals surface area contributed by atoms with Crippen LogP contribution in [0.25, 0.3) is 0 Å². The van der Waals surface area contributed by atoms with Crippen molar-refractivity contribution in [3.63, 3.8) is 0 Å². The van der Waals surface area contributed by atoms with E-state index in [0.717, 1.165) is 22.6 Å². The summed E-state index contributed by atoms with van der Waals surface area (Å²) < 4.78 is 33.2. The van der Waals surface area contributed by atoms with Gasteiger partial charge in [0.1, 0.15) is 17.4 Å². The summed E-state index contributed by atoms with van der Waals surface area (Å²) in [6, 6.07) is 8.03. The summed E-state index contributed by atoms with van der Waals surface area (Å²) in [5.41, 5.74) is 5.24. The smallest absolute Gasteiger partial charge is 0.266 e. The van der Waals surface area contributed by atoms with E-state index in [0.29, 0.717) is 11.3 Å². The molecule has 1 unspecified atom stereocenters. The van der Waals surface area contributed by atoms with E-state index in [1.165, 1.54) is 20.2 Å². The number of carbonyl (C=O) groups excluding carboxylic acids is 1. The van der Waals surface area contributed by atoms with Crippen LogP contribution in [0.4, 0.5) is 8.78 Å². The molecule has 0 aliphatic carbocycles. The maximum Gasteiger partial charge on any atom is 0.266 e. The van der Waals surface area contributed by atoms with Crippen LogP contribution in [-0.4, -0.2) is 30.9 Å². The van der Waals surface area contributed by atoms with Gasteiger partial charge in [-0.1, -0.05) is 6.07 Å². The third kappa shape index (κ3) is 2.43. The predicted octanol–water partition coefficient (Wildman–Crippen LogP) is 2.31. The second-order valence-corrected chi connectivity index (χ2v) is 5.85. The minimum atomic E-state index is -1.70. The number of nitrogens with two attached hydrogens (primary N) is 1. The fourth-order valence-electron chi connectivity index (χ4n) is 3.05. The highest BCUT2D eigenvalue weighted by Gasteiger charge is 2.51. The summed E-state index contributed by atoms with van der Waals surface area (Å²) in [6.45, 7) is 1.80. The molecular weight excluding hydrogens is 328 g/mol. The van der Waals surface area contributed by atoms with Gasteiger partial charge in [0, 0.05) is 18.7 Å². The first kappa shape index (κ1) is 16.9. The molecule has 0 saturated carbocycles. The van der Waals surface area contributed by atoms with Crippen molar-refractivity contribution in [1.82, 2.24) is 4.90 Å². The quantitative estimate of drug-likeness (QED) is 0.928. The van der Waals surface area contributed by atoms with Crippen molar-refractivity contribution < 1.29 is 18.3 Å². The SMILES string of the molecule is COc1ccc(C2(c3ccc(F)cc3F)N=C(N)N(C)C2=O)cc1C. The Balaban J connectivity index is 2.32. The summed E-state index contributed by atoms with van der Waals surface area (Å²) in [6.07, 6.45) is 0. The zero-order chi connectivity index (χ0) is 18.4. The number of aryl methyl sites for hydroxylation is 1. The van der Waals surface area contributed by atoms with Gasteiger partial charge in [-0.25, -0.2) is 13.8 Å². The van der Waals surface area contributed by atoms with Crippen LogP contribution in [0.3, 0.4) is 0 Å². The van der Waals surface area contributed by atoms with Gasteiger partial charge in [0.15, 0.2) is 11.5 Å². The summed E-state index contributed by atoms with van der Waals surface area (Å²) in [5, 5.41) is 0. The summed E-state index contributed by atoms with van der Waals surface area (Å²) >= 11 is 0. The third-order valence-electron chi connectivity index (χ3n) is 4.37. The van der Waals surface area contributed by atoms with Crippen molar-refractivity contribution in [3.8, 4) is 5.75 Å². The lowest BCUT2D eigenvalue weighted by Crippen LogP contribution is -2.41. The van der Waals surface area contributed by atoms with E-state index in [9.17, 15) is 13.6 Å². The Labute approximate surface area is 143 Å². The van der Waals surface area contributed by atoms with E-state index in [-0.39, 0.29) is 11.5 Å². The number of rotatable bonds is 3. The highest BCUT2D eigenvalue weighted by atomic mass is 19.1. The summed E-state index contributed by atoms with van der Waals surface area (Å²) in [5.74, 6) is -1.54. The van der Waals surface area contributed by atoms with Crippen molar-refractivity contribution in [1.29, 1.82) is 0 Å². The molecule has 0 fully saturated rings. The van der Waals surface area contributed by atoms with Crippen LogP contribution >= 0.6 is 0 Å². The lowest BCUT2D eigenvalue weighted by atomic mass is 9.82.